The largest absolute Gasteiger partial charge is 0.299 e. The van der Waals surface area contributed by atoms with E-state index < -0.39 is 0 Å². The Hall–Kier alpha value is -1.16. The molecule has 0 aliphatic heterocycles. The van der Waals surface area contributed by atoms with Crippen LogP contribution in [-0.2, 0) is 0 Å². The summed E-state index contributed by atoms with van der Waals surface area (Å²) in [6.07, 6.45) is 6.58. The quantitative estimate of drug-likeness (QED) is 0.728. The summed E-state index contributed by atoms with van der Waals surface area (Å²) in [5.41, 5.74) is 0. The molecule has 1 fully saturated rings. The van der Waals surface area contributed by atoms with Crippen LogP contribution in [0.4, 0.5) is 0 Å². The Balaban J connectivity index is 1.97. The molecular weight excluding hydrogens is 182 g/mol. The van der Waals surface area contributed by atoms with Crippen LogP contribution in [0.3, 0.4) is 0 Å². The van der Waals surface area contributed by atoms with E-state index in [2.05, 4.69) is 10.2 Å². The molecule has 0 amide bonds. The van der Waals surface area contributed by atoms with Gasteiger partial charge in [-0.25, -0.2) is 0 Å². The third-order valence-electron chi connectivity index (χ3n) is 2.18. The molecule has 0 N–H and O–H groups in total. The Morgan fingerprint density at radius 2 is 2.00 bits per heavy atom. The van der Waals surface area contributed by atoms with E-state index in [-0.39, 0.29) is 0 Å². The molecule has 3 rings (SSSR count). The highest BCUT2D eigenvalue weighted by molar-refractivity contribution is 7.13. The van der Waals surface area contributed by atoms with Gasteiger partial charge in [0.05, 0.1) is 0 Å². The lowest BCUT2D eigenvalue weighted by molar-refractivity contribution is 0.930. The predicted molar refractivity (Wildman–Crippen MR) is 51.2 cm³/mol. The lowest BCUT2D eigenvalue weighted by Gasteiger charge is -1.91. The van der Waals surface area contributed by atoms with Gasteiger partial charge in [0.1, 0.15) is 5.01 Å². The van der Waals surface area contributed by atoms with Crippen LogP contribution in [0, 0.1) is 0 Å². The van der Waals surface area contributed by atoms with Crippen molar-refractivity contribution in [3.8, 4) is 5.13 Å². The number of hydrogen-bond donors (Lipinski definition) is 0. The van der Waals surface area contributed by atoms with E-state index in [1.165, 1.54) is 17.8 Å². The number of aromatic nitrogens is 3. The number of nitrogens with zero attached hydrogens (tertiary/aromatic N) is 3. The fraction of sp³-hybridized carbons (Fsp3) is 0.333. The molecule has 1 aliphatic rings. The average molecular weight is 191 g/mol. The van der Waals surface area contributed by atoms with E-state index in [0.717, 1.165) is 5.13 Å². The van der Waals surface area contributed by atoms with Gasteiger partial charge in [0, 0.05) is 18.3 Å². The van der Waals surface area contributed by atoms with Gasteiger partial charge in [0.15, 0.2) is 0 Å². The summed E-state index contributed by atoms with van der Waals surface area (Å²) in [4.78, 5) is 0. The summed E-state index contributed by atoms with van der Waals surface area (Å²) in [5.74, 6) is 0.710. The minimum atomic E-state index is 0.710. The highest BCUT2D eigenvalue weighted by atomic mass is 32.1. The molecule has 2 heterocycles. The van der Waals surface area contributed by atoms with Crippen molar-refractivity contribution >= 4 is 11.3 Å². The second-order valence-electron chi connectivity index (χ2n) is 3.29. The minimum absolute atomic E-state index is 0.710. The topological polar surface area (TPSA) is 30.7 Å². The zero-order chi connectivity index (χ0) is 8.67. The third kappa shape index (κ3) is 1.27. The molecule has 0 saturated heterocycles. The molecule has 0 bridgehead atoms. The van der Waals surface area contributed by atoms with Crippen LogP contribution in [0.25, 0.3) is 5.13 Å². The molecule has 2 aromatic rings. The Bertz CT molecular complexity index is 400. The number of hydrogen-bond acceptors (Lipinski definition) is 3. The van der Waals surface area contributed by atoms with Crippen LogP contribution in [0.5, 0.6) is 0 Å². The molecule has 1 aliphatic carbocycles. The van der Waals surface area contributed by atoms with Gasteiger partial charge in [-0.2, -0.15) is 0 Å². The lowest BCUT2D eigenvalue weighted by atomic mass is 10.5. The van der Waals surface area contributed by atoms with Crippen molar-refractivity contribution in [2.75, 3.05) is 0 Å². The average Bonchev–Trinajstić information content (AvgIpc) is 2.72. The fourth-order valence-electron chi connectivity index (χ4n) is 1.29. The second-order valence-corrected chi connectivity index (χ2v) is 4.28. The Labute approximate surface area is 80.0 Å². The standard InChI is InChI=1S/C9H9N3S/c1-2-6-12(5-1)9-11-10-8(13-9)7-3-4-7/h1-2,5-7H,3-4H2. The molecule has 0 unspecified atom stereocenters. The van der Waals surface area contributed by atoms with Gasteiger partial charge < -0.3 is 0 Å². The SMILES string of the molecule is c1ccn(-c2nnc(C3CC3)s2)c1. The van der Waals surface area contributed by atoms with Crippen molar-refractivity contribution in [1.29, 1.82) is 0 Å². The molecule has 4 heteroatoms. The molecule has 0 atom stereocenters. The Morgan fingerprint density at radius 1 is 1.23 bits per heavy atom. The first-order valence-corrected chi connectivity index (χ1v) is 5.22. The van der Waals surface area contributed by atoms with Crippen LogP contribution in [0.2, 0.25) is 0 Å². The van der Waals surface area contributed by atoms with Crippen LogP contribution in [0.15, 0.2) is 24.5 Å². The molecule has 0 aromatic carbocycles. The van der Waals surface area contributed by atoms with Crippen molar-refractivity contribution in [3.63, 3.8) is 0 Å². The minimum Gasteiger partial charge on any atom is -0.299 e. The van der Waals surface area contributed by atoms with Gasteiger partial charge in [-0.1, -0.05) is 11.3 Å². The van der Waals surface area contributed by atoms with E-state index in [9.17, 15) is 0 Å². The van der Waals surface area contributed by atoms with Crippen molar-refractivity contribution < 1.29 is 0 Å². The lowest BCUT2D eigenvalue weighted by Crippen LogP contribution is -1.86. The van der Waals surface area contributed by atoms with Crippen LogP contribution in [0.1, 0.15) is 23.8 Å². The maximum atomic E-state index is 4.18. The van der Waals surface area contributed by atoms with Crippen molar-refractivity contribution in [2.45, 2.75) is 18.8 Å². The second kappa shape index (κ2) is 2.67. The first kappa shape index (κ1) is 7.26. The maximum absolute atomic E-state index is 4.18. The third-order valence-corrected chi connectivity index (χ3v) is 3.28. The van der Waals surface area contributed by atoms with Gasteiger partial charge in [-0.05, 0) is 25.0 Å². The van der Waals surface area contributed by atoms with E-state index in [4.69, 9.17) is 0 Å². The van der Waals surface area contributed by atoms with Gasteiger partial charge in [-0.15, -0.1) is 10.2 Å². The Morgan fingerprint density at radius 3 is 2.69 bits per heavy atom. The normalized spacial score (nSPS) is 16.3. The van der Waals surface area contributed by atoms with E-state index in [1.54, 1.807) is 11.3 Å². The van der Waals surface area contributed by atoms with Crippen molar-refractivity contribution in [3.05, 3.63) is 29.5 Å². The highest BCUT2D eigenvalue weighted by Gasteiger charge is 2.27. The monoisotopic (exact) mass is 191 g/mol. The molecule has 1 saturated carbocycles. The molecule has 66 valence electrons. The Kier molecular flexibility index (Phi) is 1.49. The van der Waals surface area contributed by atoms with Crippen LogP contribution in [-0.4, -0.2) is 14.8 Å². The molecule has 2 aromatic heterocycles. The smallest absolute Gasteiger partial charge is 0.216 e. The summed E-state index contributed by atoms with van der Waals surface area (Å²) >= 11 is 1.70. The fourth-order valence-corrected chi connectivity index (χ4v) is 2.27. The first-order valence-electron chi connectivity index (χ1n) is 4.40. The predicted octanol–water partition coefficient (Wildman–Crippen LogP) is 2.21. The van der Waals surface area contributed by atoms with E-state index in [0.29, 0.717) is 5.92 Å². The van der Waals surface area contributed by atoms with Crippen LogP contribution < -0.4 is 0 Å². The summed E-state index contributed by atoms with van der Waals surface area (Å²) in [5, 5.41) is 10.5. The first-order chi connectivity index (χ1) is 6.43. The molecule has 0 radical (unpaired) electrons. The summed E-state index contributed by atoms with van der Waals surface area (Å²) in [6.45, 7) is 0. The number of rotatable bonds is 2. The zero-order valence-corrected chi connectivity index (χ0v) is 7.87. The van der Waals surface area contributed by atoms with E-state index in [1.807, 2.05) is 29.1 Å². The molecule has 13 heavy (non-hydrogen) atoms. The van der Waals surface area contributed by atoms with Gasteiger partial charge >= 0.3 is 0 Å². The zero-order valence-electron chi connectivity index (χ0n) is 7.05. The van der Waals surface area contributed by atoms with Gasteiger partial charge in [0.25, 0.3) is 0 Å². The van der Waals surface area contributed by atoms with Gasteiger partial charge in [0.2, 0.25) is 5.13 Å². The molecule has 0 spiro atoms. The molecule has 3 nitrogen and oxygen atoms in total. The summed E-state index contributed by atoms with van der Waals surface area (Å²) in [7, 11) is 0. The van der Waals surface area contributed by atoms with Gasteiger partial charge in [-0.3, -0.25) is 4.57 Å². The summed E-state index contributed by atoms with van der Waals surface area (Å²) < 4.78 is 2.00. The molecular formula is C9H9N3S. The van der Waals surface area contributed by atoms with Crippen LogP contribution >= 0.6 is 11.3 Å². The van der Waals surface area contributed by atoms with E-state index >= 15 is 0 Å². The maximum Gasteiger partial charge on any atom is 0.216 e. The van der Waals surface area contributed by atoms with Crippen molar-refractivity contribution in [2.24, 2.45) is 0 Å². The highest BCUT2D eigenvalue weighted by Crippen LogP contribution is 2.41. The summed E-state index contributed by atoms with van der Waals surface area (Å²) in [6, 6.07) is 4.00. The van der Waals surface area contributed by atoms with Crippen molar-refractivity contribution in [1.82, 2.24) is 14.8 Å².